The molecule has 0 heterocycles. The highest BCUT2D eigenvalue weighted by Crippen LogP contribution is 2.64. The van der Waals surface area contributed by atoms with Gasteiger partial charge in [0.15, 0.2) is 0 Å². The molecule has 0 aromatic carbocycles. The first-order valence-electron chi connectivity index (χ1n) is 4.52. The summed E-state index contributed by atoms with van der Waals surface area (Å²) < 4.78 is 4.70. The molecule has 0 aliphatic heterocycles. The van der Waals surface area contributed by atoms with E-state index >= 15 is 0 Å². The molecule has 0 aromatic heterocycles. The van der Waals surface area contributed by atoms with Crippen molar-refractivity contribution in [2.75, 3.05) is 7.11 Å². The molecule has 0 saturated heterocycles. The SMILES string of the molecule is COC(=O)C1(N)CC12CCCC2. The maximum atomic E-state index is 11.3. The van der Waals surface area contributed by atoms with Crippen molar-refractivity contribution >= 4 is 5.97 Å². The van der Waals surface area contributed by atoms with E-state index in [9.17, 15) is 4.79 Å². The molecule has 2 aliphatic carbocycles. The Hall–Kier alpha value is -0.570. The summed E-state index contributed by atoms with van der Waals surface area (Å²) in [6, 6.07) is 0. The van der Waals surface area contributed by atoms with Crippen LogP contribution < -0.4 is 5.73 Å². The second-order valence-corrected chi connectivity index (χ2v) is 4.13. The zero-order valence-corrected chi connectivity index (χ0v) is 7.43. The number of nitrogens with two attached hydrogens (primary N) is 1. The van der Waals surface area contributed by atoms with Crippen LogP contribution in [0.1, 0.15) is 32.1 Å². The van der Waals surface area contributed by atoms with E-state index in [4.69, 9.17) is 10.5 Å². The molecule has 3 nitrogen and oxygen atoms in total. The van der Waals surface area contributed by atoms with Crippen LogP contribution in [0.15, 0.2) is 0 Å². The highest BCUT2D eigenvalue weighted by molar-refractivity contribution is 5.86. The Labute approximate surface area is 72.3 Å². The van der Waals surface area contributed by atoms with Gasteiger partial charge in [-0.2, -0.15) is 0 Å². The molecule has 12 heavy (non-hydrogen) atoms. The normalized spacial score (nSPS) is 36.8. The molecule has 0 amide bonds. The number of carbonyl (C=O) groups is 1. The van der Waals surface area contributed by atoms with E-state index in [2.05, 4.69) is 0 Å². The lowest BCUT2D eigenvalue weighted by Gasteiger charge is -2.14. The third kappa shape index (κ3) is 0.774. The van der Waals surface area contributed by atoms with Gasteiger partial charge in [-0.25, -0.2) is 0 Å². The molecule has 2 rings (SSSR count). The smallest absolute Gasteiger partial charge is 0.326 e. The zero-order chi connectivity index (χ0) is 8.82. The molecule has 2 N–H and O–H groups in total. The second kappa shape index (κ2) is 2.22. The molecule has 0 radical (unpaired) electrons. The number of hydrogen-bond donors (Lipinski definition) is 1. The molecule has 3 heteroatoms. The number of hydrogen-bond acceptors (Lipinski definition) is 3. The predicted octanol–water partition coefficient (Wildman–Crippen LogP) is 0.821. The molecular weight excluding hydrogens is 154 g/mol. The summed E-state index contributed by atoms with van der Waals surface area (Å²) in [6.07, 6.45) is 5.50. The lowest BCUT2D eigenvalue weighted by atomic mass is 9.98. The molecule has 2 aliphatic rings. The van der Waals surface area contributed by atoms with Gasteiger partial charge in [0.05, 0.1) is 7.11 Å². The Kier molecular flexibility index (Phi) is 1.49. The van der Waals surface area contributed by atoms with E-state index in [1.807, 2.05) is 0 Å². The first-order valence-corrected chi connectivity index (χ1v) is 4.52. The summed E-state index contributed by atoms with van der Waals surface area (Å²) in [7, 11) is 1.41. The van der Waals surface area contributed by atoms with Crippen molar-refractivity contribution in [3.63, 3.8) is 0 Å². The number of ether oxygens (including phenoxy) is 1. The van der Waals surface area contributed by atoms with Crippen molar-refractivity contribution < 1.29 is 9.53 Å². The fourth-order valence-corrected chi connectivity index (χ4v) is 2.64. The highest BCUT2D eigenvalue weighted by Gasteiger charge is 2.70. The minimum atomic E-state index is -0.627. The Morgan fingerprint density at radius 1 is 1.42 bits per heavy atom. The minimum Gasteiger partial charge on any atom is -0.468 e. The predicted molar refractivity (Wildman–Crippen MR) is 44.5 cm³/mol. The van der Waals surface area contributed by atoms with Crippen molar-refractivity contribution in [1.29, 1.82) is 0 Å². The quantitative estimate of drug-likeness (QED) is 0.591. The van der Waals surface area contributed by atoms with Crippen LogP contribution >= 0.6 is 0 Å². The van der Waals surface area contributed by atoms with Gasteiger partial charge in [0, 0.05) is 5.41 Å². The van der Waals surface area contributed by atoms with Crippen molar-refractivity contribution in [1.82, 2.24) is 0 Å². The monoisotopic (exact) mass is 169 g/mol. The van der Waals surface area contributed by atoms with E-state index < -0.39 is 5.54 Å². The number of methoxy groups -OCH3 is 1. The maximum Gasteiger partial charge on any atom is 0.326 e. The van der Waals surface area contributed by atoms with E-state index in [1.54, 1.807) is 0 Å². The first-order chi connectivity index (χ1) is 5.65. The van der Waals surface area contributed by atoms with Gasteiger partial charge in [0.25, 0.3) is 0 Å². The minimum absolute atomic E-state index is 0.125. The fourth-order valence-electron chi connectivity index (χ4n) is 2.64. The standard InChI is InChI=1S/C9H15NO2/c1-12-7(11)9(10)6-8(9)4-2-3-5-8/h2-6,10H2,1H3. The van der Waals surface area contributed by atoms with Gasteiger partial charge in [0.2, 0.25) is 0 Å². The Bertz CT molecular complexity index is 221. The topological polar surface area (TPSA) is 52.3 Å². The van der Waals surface area contributed by atoms with E-state index in [0.717, 1.165) is 19.3 Å². The van der Waals surface area contributed by atoms with Crippen LogP contribution in [0.5, 0.6) is 0 Å². The van der Waals surface area contributed by atoms with Crippen molar-refractivity contribution in [3.05, 3.63) is 0 Å². The van der Waals surface area contributed by atoms with E-state index in [1.165, 1.54) is 20.0 Å². The van der Waals surface area contributed by atoms with Crippen molar-refractivity contribution in [2.24, 2.45) is 11.1 Å². The van der Waals surface area contributed by atoms with Gasteiger partial charge in [-0.15, -0.1) is 0 Å². The second-order valence-electron chi connectivity index (χ2n) is 4.13. The third-order valence-electron chi connectivity index (χ3n) is 3.55. The van der Waals surface area contributed by atoms with Gasteiger partial charge in [0.1, 0.15) is 5.54 Å². The summed E-state index contributed by atoms with van der Waals surface area (Å²) in [6.45, 7) is 0. The Morgan fingerprint density at radius 3 is 2.50 bits per heavy atom. The van der Waals surface area contributed by atoms with Crippen LogP contribution in [0.25, 0.3) is 0 Å². The number of carbonyl (C=O) groups excluding carboxylic acids is 1. The van der Waals surface area contributed by atoms with Crippen LogP contribution in [0, 0.1) is 5.41 Å². The van der Waals surface area contributed by atoms with Gasteiger partial charge in [-0.05, 0) is 19.3 Å². The van der Waals surface area contributed by atoms with E-state index in [-0.39, 0.29) is 11.4 Å². The van der Waals surface area contributed by atoms with Gasteiger partial charge in [-0.1, -0.05) is 12.8 Å². The lowest BCUT2D eigenvalue weighted by molar-refractivity contribution is -0.144. The number of rotatable bonds is 1. The summed E-state index contributed by atoms with van der Waals surface area (Å²) in [5.41, 5.74) is 5.46. The summed E-state index contributed by atoms with van der Waals surface area (Å²) >= 11 is 0. The van der Waals surface area contributed by atoms with Crippen molar-refractivity contribution in [2.45, 2.75) is 37.6 Å². The summed E-state index contributed by atoms with van der Waals surface area (Å²) in [5, 5.41) is 0. The average Bonchev–Trinajstić information content (AvgIpc) is 2.50. The number of esters is 1. The van der Waals surface area contributed by atoms with E-state index in [0.29, 0.717) is 0 Å². The van der Waals surface area contributed by atoms with Crippen LogP contribution in [0.3, 0.4) is 0 Å². The zero-order valence-electron chi connectivity index (χ0n) is 7.43. The molecule has 68 valence electrons. The molecular formula is C9H15NO2. The van der Waals surface area contributed by atoms with Crippen molar-refractivity contribution in [3.8, 4) is 0 Å². The maximum absolute atomic E-state index is 11.3. The van der Waals surface area contributed by atoms with Crippen LogP contribution in [0.4, 0.5) is 0 Å². The largest absolute Gasteiger partial charge is 0.468 e. The van der Waals surface area contributed by atoms with Crippen LogP contribution in [-0.2, 0) is 9.53 Å². The molecule has 1 atom stereocenters. The van der Waals surface area contributed by atoms with Gasteiger partial charge < -0.3 is 10.5 Å². The lowest BCUT2D eigenvalue weighted by Crippen LogP contribution is -2.39. The van der Waals surface area contributed by atoms with Crippen LogP contribution in [-0.4, -0.2) is 18.6 Å². The molecule has 2 fully saturated rings. The molecule has 0 bridgehead atoms. The molecule has 2 saturated carbocycles. The molecule has 1 unspecified atom stereocenters. The fraction of sp³-hybridized carbons (Fsp3) is 0.889. The highest BCUT2D eigenvalue weighted by atomic mass is 16.5. The Balaban J connectivity index is 2.12. The van der Waals surface area contributed by atoms with Crippen LogP contribution in [0.2, 0.25) is 0 Å². The Morgan fingerprint density at radius 2 is 2.00 bits per heavy atom. The van der Waals surface area contributed by atoms with Gasteiger partial charge in [-0.3, -0.25) is 4.79 Å². The summed E-state index contributed by atoms with van der Waals surface area (Å²) in [4.78, 5) is 11.3. The first kappa shape index (κ1) is 8.05. The molecule has 1 spiro atoms. The third-order valence-corrected chi connectivity index (χ3v) is 3.55. The summed E-state index contributed by atoms with van der Waals surface area (Å²) in [5.74, 6) is -0.218. The van der Waals surface area contributed by atoms with Gasteiger partial charge >= 0.3 is 5.97 Å². The molecule has 0 aromatic rings. The average molecular weight is 169 g/mol.